The van der Waals surface area contributed by atoms with Crippen molar-refractivity contribution in [2.75, 3.05) is 11.9 Å². The molecule has 28 heavy (non-hydrogen) atoms. The molecule has 1 saturated carbocycles. The van der Waals surface area contributed by atoms with Crippen LogP contribution < -0.4 is 5.32 Å². The van der Waals surface area contributed by atoms with Gasteiger partial charge in [0.05, 0.1) is 24.3 Å². The van der Waals surface area contributed by atoms with Gasteiger partial charge >= 0.3 is 5.97 Å². The van der Waals surface area contributed by atoms with Gasteiger partial charge in [0.25, 0.3) is 0 Å². The fraction of sp³-hybridized carbons (Fsp3) is 0.286. The summed E-state index contributed by atoms with van der Waals surface area (Å²) in [6, 6.07) is 9.89. The number of thiazole rings is 1. The van der Waals surface area contributed by atoms with Crippen molar-refractivity contribution in [2.24, 2.45) is 0 Å². The summed E-state index contributed by atoms with van der Waals surface area (Å²) in [6.07, 6.45) is 2.33. The van der Waals surface area contributed by atoms with Crippen molar-refractivity contribution in [3.63, 3.8) is 0 Å². The summed E-state index contributed by atoms with van der Waals surface area (Å²) < 4.78 is 5.20. The molecule has 3 aromatic rings. The van der Waals surface area contributed by atoms with Crippen LogP contribution in [0.3, 0.4) is 0 Å². The Morgan fingerprint density at radius 2 is 1.96 bits per heavy atom. The Hall–Kier alpha value is -2.51. The number of anilines is 1. The van der Waals surface area contributed by atoms with Gasteiger partial charge in [-0.2, -0.15) is 0 Å². The average Bonchev–Trinajstić information content (AvgIpc) is 3.29. The molecule has 0 saturated heterocycles. The largest absolute Gasteiger partial charge is 0.462 e. The molecule has 1 N–H and O–H groups in total. The van der Waals surface area contributed by atoms with E-state index in [1.165, 1.54) is 22.7 Å². The molecule has 0 radical (unpaired) electrons. The molecule has 0 atom stereocenters. The number of hydrogen-bond acceptors (Lipinski definition) is 6. The summed E-state index contributed by atoms with van der Waals surface area (Å²) in [6.45, 7) is 2.10. The second-order valence-corrected chi connectivity index (χ2v) is 8.36. The van der Waals surface area contributed by atoms with Crippen molar-refractivity contribution >= 4 is 39.6 Å². The summed E-state index contributed by atoms with van der Waals surface area (Å²) in [7, 11) is 0. The number of amides is 1. The number of hydrogen-bond donors (Lipinski definition) is 1. The second kappa shape index (κ2) is 8.24. The number of esters is 1. The zero-order valence-corrected chi connectivity index (χ0v) is 17.1. The van der Waals surface area contributed by atoms with Gasteiger partial charge in [0.1, 0.15) is 10.0 Å². The third kappa shape index (κ3) is 4.15. The molecule has 1 aromatic carbocycles. The Labute approximate surface area is 171 Å². The highest BCUT2D eigenvalue weighted by Crippen LogP contribution is 2.46. The first-order valence-corrected chi connectivity index (χ1v) is 11.0. The van der Waals surface area contributed by atoms with Gasteiger partial charge in [-0.3, -0.25) is 4.79 Å². The minimum absolute atomic E-state index is 0.169. The lowest BCUT2D eigenvalue weighted by atomic mass is 10.1. The molecule has 1 aliphatic carbocycles. The predicted molar refractivity (Wildman–Crippen MR) is 112 cm³/mol. The molecule has 4 rings (SSSR count). The van der Waals surface area contributed by atoms with Crippen LogP contribution in [0.2, 0.25) is 0 Å². The number of benzene rings is 1. The summed E-state index contributed by atoms with van der Waals surface area (Å²) in [4.78, 5) is 29.5. The second-order valence-electron chi connectivity index (χ2n) is 6.62. The van der Waals surface area contributed by atoms with Gasteiger partial charge in [0.15, 0.2) is 0 Å². The molecule has 0 bridgehead atoms. The fourth-order valence-corrected chi connectivity index (χ4v) is 4.88. The number of carbonyl (C=O) groups excluding carboxylic acids is 2. The van der Waals surface area contributed by atoms with Crippen LogP contribution in [0.15, 0.2) is 41.1 Å². The fourth-order valence-electron chi connectivity index (χ4n) is 3.01. The summed E-state index contributed by atoms with van der Waals surface area (Å²) >= 11 is 2.91. The van der Waals surface area contributed by atoms with Crippen molar-refractivity contribution in [1.82, 2.24) is 4.98 Å². The SMILES string of the molecule is CCOC(=O)c1c(C2CC2)csc1NC(=O)Cc1csc(-c2ccccc2)n1. The van der Waals surface area contributed by atoms with Crippen LogP contribution in [0, 0.1) is 0 Å². The van der Waals surface area contributed by atoms with Crippen LogP contribution in [-0.2, 0) is 16.0 Å². The van der Waals surface area contributed by atoms with Crippen molar-refractivity contribution in [1.29, 1.82) is 0 Å². The van der Waals surface area contributed by atoms with Crippen molar-refractivity contribution in [3.05, 3.63) is 57.9 Å². The number of carbonyl (C=O) groups is 2. The van der Waals surface area contributed by atoms with Crippen LogP contribution in [0.1, 0.15) is 47.3 Å². The van der Waals surface area contributed by atoms with Crippen LogP contribution in [0.5, 0.6) is 0 Å². The molecular weight excluding hydrogens is 392 g/mol. The van der Waals surface area contributed by atoms with Gasteiger partial charge in [-0.1, -0.05) is 30.3 Å². The monoisotopic (exact) mass is 412 g/mol. The topological polar surface area (TPSA) is 68.3 Å². The van der Waals surface area contributed by atoms with E-state index in [1.807, 2.05) is 41.1 Å². The number of aromatic nitrogens is 1. The maximum atomic E-state index is 12.6. The number of ether oxygens (including phenoxy) is 1. The maximum absolute atomic E-state index is 12.6. The van der Waals surface area contributed by atoms with Crippen molar-refractivity contribution in [2.45, 2.75) is 32.1 Å². The lowest BCUT2D eigenvalue weighted by Gasteiger charge is -2.07. The molecule has 5 nitrogen and oxygen atoms in total. The summed E-state index contributed by atoms with van der Waals surface area (Å²) in [5.41, 5.74) is 3.28. The van der Waals surface area contributed by atoms with Crippen molar-refractivity contribution in [3.8, 4) is 10.6 Å². The molecule has 0 aliphatic heterocycles. The Morgan fingerprint density at radius 3 is 2.68 bits per heavy atom. The van der Waals surface area contributed by atoms with Crippen LogP contribution in [0.25, 0.3) is 10.6 Å². The van der Waals surface area contributed by atoms with Crippen LogP contribution >= 0.6 is 22.7 Å². The molecule has 2 aromatic heterocycles. The standard InChI is InChI=1S/C21H20N2O3S2/c1-2-26-21(25)18-16(13-8-9-13)12-28-20(18)23-17(24)10-15-11-27-19(22-15)14-6-4-3-5-7-14/h3-7,11-13H,2,8-10H2,1H3,(H,23,24). The van der Waals surface area contributed by atoms with E-state index in [9.17, 15) is 9.59 Å². The zero-order valence-electron chi connectivity index (χ0n) is 15.4. The smallest absolute Gasteiger partial charge is 0.341 e. The van der Waals surface area contributed by atoms with Gasteiger partial charge in [-0.05, 0) is 36.6 Å². The minimum atomic E-state index is -0.360. The minimum Gasteiger partial charge on any atom is -0.462 e. The predicted octanol–water partition coefficient (Wildman–Crippen LogP) is 5.11. The molecule has 1 amide bonds. The number of nitrogens with one attached hydrogen (secondary N) is 1. The maximum Gasteiger partial charge on any atom is 0.341 e. The van der Waals surface area contributed by atoms with Gasteiger partial charge in [-0.15, -0.1) is 22.7 Å². The highest BCUT2D eigenvalue weighted by Gasteiger charge is 2.32. The third-order valence-corrected chi connectivity index (χ3v) is 6.34. The Kier molecular flexibility index (Phi) is 5.54. The average molecular weight is 413 g/mol. The van der Waals surface area contributed by atoms with E-state index >= 15 is 0 Å². The highest BCUT2D eigenvalue weighted by atomic mass is 32.1. The van der Waals surface area contributed by atoms with Gasteiger partial charge in [-0.25, -0.2) is 9.78 Å². The Balaban J connectivity index is 1.47. The zero-order chi connectivity index (χ0) is 19.5. The molecular formula is C21H20N2O3S2. The van der Waals surface area contributed by atoms with E-state index in [4.69, 9.17) is 4.74 Å². The Morgan fingerprint density at radius 1 is 1.18 bits per heavy atom. The van der Waals surface area contributed by atoms with E-state index in [1.54, 1.807) is 6.92 Å². The first kappa shape index (κ1) is 18.8. The first-order chi connectivity index (χ1) is 13.7. The lowest BCUT2D eigenvalue weighted by Crippen LogP contribution is -2.17. The van der Waals surface area contributed by atoms with Crippen LogP contribution in [0.4, 0.5) is 5.00 Å². The van der Waals surface area contributed by atoms with Gasteiger partial charge in [0.2, 0.25) is 5.91 Å². The summed E-state index contributed by atoms with van der Waals surface area (Å²) in [5, 5.41) is 8.23. The van der Waals surface area contributed by atoms with E-state index in [0.717, 1.165) is 34.7 Å². The number of thiophene rings is 1. The quantitative estimate of drug-likeness (QED) is 0.548. The number of rotatable bonds is 7. The normalized spacial score (nSPS) is 13.3. The van der Waals surface area contributed by atoms with E-state index < -0.39 is 0 Å². The highest BCUT2D eigenvalue weighted by molar-refractivity contribution is 7.15. The third-order valence-electron chi connectivity index (χ3n) is 4.48. The van der Waals surface area contributed by atoms with E-state index in [2.05, 4.69) is 10.3 Å². The molecule has 0 unspecified atom stereocenters. The van der Waals surface area contributed by atoms with Crippen LogP contribution in [-0.4, -0.2) is 23.5 Å². The molecule has 0 spiro atoms. The lowest BCUT2D eigenvalue weighted by molar-refractivity contribution is -0.115. The molecule has 144 valence electrons. The van der Waals surface area contributed by atoms with Gasteiger partial charge < -0.3 is 10.1 Å². The number of nitrogens with zero attached hydrogens (tertiary/aromatic N) is 1. The summed E-state index contributed by atoms with van der Waals surface area (Å²) in [5.74, 6) is -0.131. The molecule has 2 heterocycles. The molecule has 1 aliphatic rings. The molecule has 7 heteroatoms. The first-order valence-electron chi connectivity index (χ1n) is 9.24. The van der Waals surface area contributed by atoms with E-state index in [-0.39, 0.29) is 18.3 Å². The Bertz CT molecular complexity index is 990. The van der Waals surface area contributed by atoms with Gasteiger partial charge in [0, 0.05) is 10.9 Å². The van der Waals surface area contributed by atoms with E-state index in [0.29, 0.717) is 23.1 Å². The van der Waals surface area contributed by atoms with Crippen molar-refractivity contribution < 1.29 is 14.3 Å². The molecule has 1 fully saturated rings.